The summed E-state index contributed by atoms with van der Waals surface area (Å²) in [5.74, 6) is 6.01. The number of hydrogen-bond acceptors (Lipinski definition) is 3. The highest BCUT2D eigenvalue weighted by Gasteiger charge is 2.27. The van der Waals surface area contributed by atoms with Gasteiger partial charge in [0.15, 0.2) is 0 Å². The van der Waals surface area contributed by atoms with E-state index in [4.69, 9.17) is 5.11 Å². The van der Waals surface area contributed by atoms with Gasteiger partial charge in [-0.2, -0.15) is 0 Å². The van der Waals surface area contributed by atoms with Crippen molar-refractivity contribution in [2.24, 2.45) is 0 Å². The number of rotatable bonds is 4. The van der Waals surface area contributed by atoms with Crippen molar-refractivity contribution in [1.82, 2.24) is 4.90 Å². The largest absolute Gasteiger partial charge is 0.395 e. The first-order valence-electron chi connectivity index (χ1n) is 7.26. The fraction of sp³-hybridized carbons (Fsp3) is 0.562. The normalized spacial score (nSPS) is 14.9. The third-order valence-corrected chi connectivity index (χ3v) is 4.59. The molecule has 0 atom stereocenters. The Morgan fingerprint density at radius 2 is 2.25 bits per heavy atom. The molecule has 0 aromatic carbocycles. The summed E-state index contributed by atoms with van der Waals surface area (Å²) in [6.45, 7) is 2.86. The lowest BCUT2D eigenvalue weighted by atomic mass is 10.1. The Labute approximate surface area is 124 Å². The first-order chi connectivity index (χ1) is 9.77. The molecule has 20 heavy (non-hydrogen) atoms. The summed E-state index contributed by atoms with van der Waals surface area (Å²) < 4.78 is 0. The molecular weight excluding hydrogens is 270 g/mol. The molecule has 1 amide bonds. The van der Waals surface area contributed by atoms with Crippen molar-refractivity contribution < 1.29 is 9.90 Å². The van der Waals surface area contributed by atoms with Crippen LogP contribution < -0.4 is 0 Å². The van der Waals surface area contributed by atoms with Crippen molar-refractivity contribution in [3.8, 4) is 11.8 Å². The van der Waals surface area contributed by atoms with Crippen molar-refractivity contribution in [2.75, 3.05) is 13.2 Å². The second kappa shape index (κ2) is 7.47. The van der Waals surface area contributed by atoms with E-state index in [1.54, 1.807) is 0 Å². The molecule has 1 aromatic rings. The third kappa shape index (κ3) is 3.41. The van der Waals surface area contributed by atoms with Crippen molar-refractivity contribution in [1.29, 1.82) is 0 Å². The average Bonchev–Trinajstić information content (AvgIpc) is 3.11. The lowest BCUT2D eigenvalue weighted by Crippen LogP contribution is -2.38. The van der Waals surface area contributed by atoms with Crippen LogP contribution in [0.15, 0.2) is 11.4 Å². The van der Waals surface area contributed by atoms with Crippen molar-refractivity contribution in [3.63, 3.8) is 0 Å². The summed E-state index contributed by atoms with van der Waals surface area (Å²) in [7, 11) is 0. The second-order valence-electron chi connectivity index (χ2n) is 4.97. The van der Waals surface area contributed by atoms with Gasteiger partial charge in [-0.25, -0.2) is 0 Å². The molecule has 0 aliphatic heterocycles. The highest BCUT2D eigenvalue weighted by atomic mass is 32.1. The van der Waals surface area contributed by atoms with Crippen LogP contribution in [0.4, 0.5) is 0 Å². The number of thiophene rings is 1. The molecule has 2 rings (SSSR count). The van der Waals surface area contributed by atoms with Crippen LogP contribution in [-0.4, -0.2) is 35.1 Å². The van der Waals surface area contributed by atoms with Crippen molar-refractivity contribution in [2.45, 2.75) is 45.1 Å². The van der Waals surface area contributed by atoms with Crippen molar-refractivity contribution >= 4 is 17.2 Å². The van der Waals surface area contributed by atoms with E-state index < -0.39 is 0 Å². The van der Waals surface area contributed by atoms with Gasteiger partial charge in [0.2, 0.25) is 0 Å². The quantitative estimate of drug-likeness (QED) is 0.867. The standard InChI is InChI=1S/C16H21NO2S/c1-2-17(14-8-3-4-9-14)16(19)15-13(10-12-20-15)7-5-6-11-18/h10,12,14,18H,2-4,6,8-9,11H2,1H3. The zero-order valence-corrected chi connectivity index (χ0v) is 12.7. The van der Waals surface area contributed by atoms with Gasteiger partial charge in [-0.05, 0) is 31.2 Å². The molecule has 0 unspecified atom stereocenters. The first-order valence-corrected chi connectivity index (χ1v) is 8.14. The van der Waals surface area contributed by atoms with E-state index in [1.165, 1.54) is 24.2 Å². The number of carbonyl (C=O) groups is 1. The maximum absolute atomic E-state index is 12.7. The predicted molar refractivity (Wildman–Crippen MR) is 81.9 cm³/mol. The predicted octanol–water partition coefficient (Wildman–Crippen LogP) is 2.89. The summed E-state index contributed by atoms with van der Waals surface area (Å²) in [5, 5.41) is 10.7. The van der Waals surface area contributed by atoms with Crippen LogP contribution in [0.25, 0.3) is 0 Å². The highest BCUT2D eigenvalue weighted by Crippen LogP contribution is 2.27. The van der Waals surface area contributed by atoms with Crippen molar-refractivity contribution in [3.05, 3.63) is 21.9 Å². The van der Waals surface area contributed by atoms with Crippen LogP contribution in [0.3, 0.4) is 0 Å². The third-order valence-electron chi connectivity index (χ3n) is 3.69. The molecule has 0 spiro atoms. The van der Waals surface area contributed by atoms with Crippen LogP contribution in [0.1, 0.15) is 54.3 Å². The second-order valence-corrected chi connectivity index (χ2v) is 5.88. The zero-order chi connectivity index (χ0) is 14.4. The Morgan fingerprint density at radius 1 is 1.50 bits per heavy atom. The van der Waals surface area contributed by atoms with E-state index >= 15 is 0 Å². The van der Waals surface area contributed by atoms with Gasteiger partial charge in [0.1, 0.15) is 4.88 Å². The summed E-state index contributed by atoms with van der Waals surface area (Å²) >= 11 is 1.46. The van der Waals surface area contributed by atoms with Crippen LogP contribution in [0.5, 0.6) is 0 Å². The smallest absolute Gasteiger partial charge is 0.265 e. The average molecular weight is 291 g/mol. The highest BCUT2D eigenvalue weighted by molar-refractivity contribution is 7.12. The van der Waals surface area contributed by atoms with E-state index in [1.807, 2.05) is 23.3 Å². The summed E-state index contributed by atoms with van der Waals surface area (Å²) in [6.07, 6.45) is 5.14. The minimum atomic E-state index is 0.0591. The summed E-state index contributed by atoms with van der Waals surface area (Å²) in [6, 6.07) is 2.29. The van der Waals surface area contributed by atoms with Gasteiger partial charge in [0, 0.05) is 24.6 Å². The zero-order valence-electron chi connectivity index (χ0n) is 11.9. The number of carbonyl (C=O) groups excluding carboxylic acids is 1. The summed E-state index contributed by atoms with van der Waals surface area (Å²) in [5.41, 5.74) is 0.796. The van der Waals surface area contributed by atoms with Gasteiger partial charge in [0.05, 0.1) is 6.61 Å². The van der Waals surface area contributed by atoms with Gasteiger partial charge in [-0.15, -0.1) is 11.3 Å². The monoisotopic (exact) mass is 291 g/mol. The van der Waals surface area contributed by atoms with Gasteiger partial charge in [0.25, 0.3) is 5.91 Å². The van der Waals surface area contributed by atoms with Gasteiger partial charge >= 0.3 is 0 Å². The molecule has 0 saturated heterocycles. The molecule has 108 valence electrons. The SMILES string of the molecule is CCN(C(=O)c1sccc1C#CCCO)C1CCCC1. The molecule has 0 bridgehead atoms. The van der Waals surface area contributed by atoms with E-state index in [0.717, 1.165) is 29.8 Å². The fourth-order valence-electron chi connectivity index (χ4n) is 2.70. The van der Waals surface area contributed by atoms with Gasteiger partial charge in [-0.3, -0.25) is 4.79 Å². The molecule has 1 heterocycles. The number of nitrogens with zero attached hydrogens (tertiary/aromatic N) is 1. The first kappa shape index (κ1) is 15.1. The Bertz CT molecular complexity index is 506. The van der Waals surface area contributed by atoms with Gasteiger partial charge < -0.3 is 10.0 Å². The van der Waals surface area contributed by atoms with E-state index in [2.05, 4.69) is 11.8 Å². The molecule has 1 fully saturated rings. The number of amides is 1. The maximum atomic E-state index is 12.7. The molecule has 1 saturated carbocycles. The summed E-state index contributed by atoms with van der Waals surface area (Å²) in [4.78, 5) is 15.4. The van der Waals surface area contributed by atoms with Crippen LogP contribution in [0, 0.1) is 11.8 Å². The van der Waals surface area contributed by atoms with Crippen LogP contribution in [-0.2, 0) is 0 Å². The minimum absolute atomic E-state index is 0.0591. The molecule has 1 aromatic heterocycles. The molecule has 1 N–H and O–H groups in total. The molecule has 1 aliphatic rings. The van der Waals surface area contributed by atoms with E-state index in [-0.39, 0.29) is 12.5 Å². The van der Waals surface area contributed by atoms with E-state index in [9.17, 15) is 4.79 Å². The fourth-order valence-corrected chi connectivity index (χ4v) is 3.51. The lowest BCUT2D eigenvalue weighted by molar-refractivity contribution is 0.0698. The number of hydrogen-bond donors (Lipinski definition) is 1. The van der Waals surface area contributed by atoms with E-state index in [0.29, 0.717) is 12.5 Å². The Hall–Kier alpha value is -1.31. The maximum Gasteiger partial charge on any atom is 0.265 e. The van der Waals surface area contributed by atoms with Crippen LogP contribution >= 0.6 is 11.3 Å². The molecule has 3 nitrogen and oxygen atoms in total. The molecule has 4 heteroatoms. The Balaban J connectivity index is 2.15. The lowest BCUT2D eigenvalue weighted by Gasteiger charge is -2.27. The number of aliphatic hydroxyl groups excluding tert-OH is 1. The number of aliphatic hydroxyl groups is 1. The Kier molecular flexibility index (Phi) is 5.63. The topological polar surface area (TPSA) is 40.5 Å². The Morgan fingerprint density at radius 3 is 2.90 bits per heavy atom. The van der Waals surface area contributed by atoms with Gasteiger partial charge in [-0.1, -0.05) is 24.7 Å². The molecular formula is C16H21NO2S. The minimum Gasteiger partial charge on any atom is -0.395 e. The molecule has 0 radical (unpaired) electrons. The van der Waals surface area contributed by atoms with Crippen LogP contribution in [0.2, 0.25) is 0 Å². The molecule has 1 aliphatic carbocycles.